The average Bonchev–Trinajstić information content (AvgIpc) is 4.06. The Bertz CT molecular complexity index is 2210. The molecule has 6 rings (SSSR count). The number of alkyl carbamates (subject to hydrolysis) is 2. The Morgan fingerprint density at radius 1 is 0.833 bits per heavy atom. The van der Waals surface area contributed by atoms with Gasteiger partial charge in [0, 0.05) is 24.1 Å². The molecule has 0 aliphatic carbocycles. The molecular formula is C44H56FN9O6. The van der Waals surface area contributed by atoms with Crippen molar-refractivity contribution >= 4 is 35.0 Å². The number of H-pyrrole nitrogens is 2. The Morgan fingerprint density at radius 3 is 2.05 bits per heavy atom. The van der Waals surface area contributed by atoms with Gasteiger partial charge in [0.1, 0.15) is 29.9 Å². The summed E-state index contributed by atoms with van der Waals surface area (Å²) >= 11 is 0. The average molecular weight is 826 g/mol. The smallest absolute Gasteiger partial charge is 0.407 e. The van der Waals surface area contributed by atoms with Crippen molar-refractivity contribution in [2.45, 2.75) is 90.1 Å². The molecule has 0 bridgehead atoms. The second-order valence-electron chi connectivity index (χ2n) is 16.3. The van der Waals surface area contributed by atoms with Gasteiger partial charge in [0.05, 0.1) is 55.8 Å². The number of alkyl halides is 1. The van der Waals surface area contributed by atoms with Crippen LogP contribution in [0.15, 0.2) is 48.7 Å². The van der Waals surface area contributed by atoms with Crippen molar-refractivity contribution in [1.29, 1.82) is 0 Å². The van der Waals surface area contributed by atoms with E-state index in [1.54, 1.807) is 20.0 Å². The molecule has 320 valence electrons. The molecule has 0 spiro atoms. The monoisotopic (exact) mass is 825 g/mol. The van der Waals surface area contributed by atoms with Gasteiger partial charge < -0.3 is 45.6 Å². The summed E-state index contributed by atoms with van der Waals surface area (Å²) in [5, 5.41) is 5.31. The lowest BCUT2D eigenvalue weighted by atomic mass is 9.98. The first-order valence-corrected chi connectivity index (χ1v) is 20.6. The lowest BCUT2D eigenvalue weighted by Gasteiger charge is -2.30. The number of imidazole rings is 2. The van der Waals surface area contributed by atoms with Crippen LogP contribution in [0.25, 0.3) is 22.3 Å². The van der Waals surface area contributed by atoms with Crippen LogP contribution in [0.4, 0.5) is 14.0 Å². The number of aromatic amines is 2. The van der Waals surface area contributed by atoms with Gasteiger partial charge in [0.15, 0.2) is 0 Å². The fraction of sp³-hybridized carbons (Fsp3) is 0.500. The van der Waals surface area contributed by atoms with Crippen molar-refractivity contribution in [3.8, 4) is 23.1 Å². The number of hydrogen-bond donors (Lipinski definition) is 5. The van der Waals surface area contributed by atoms with E-state index in [-0.39, 0.29) is 42.7 Å². The zero-order valence-corrected chi connectivity index (χ0v) is 35.1. The van der Waals surface area contributed by atoms with E-state index in [0.717, 1.165) is 53.4 Å². The van der Waals surface area contributed by atoms with Crippen molar-refractivity contribution in [3.05, 3.63) is 71.4 Å². The lowest BCUT2D eigenvalue weighted by Crippen LogP contribution is -2.51. The van der Waals surface area contributed by atoms with Crippen LogP contribution in [0.2, 0.25) is 0 Å². The number of amides is 4. The van der Waals surface area contributed by atoms with Gasteiger partial charge in [-0.05, 0) is 79.5 Å². The van der Waals surface area contributed by atoms with E-state index in [0.29, 0.717) is 30.4 Å². The first kappa shape index (κ1) is 43.6. The van der Waals surface area contributed by atoms with Crippen LogP contribution >= 0.6 is 0 Å². The number of benzene rings is 2. The molecule has 2 aromatic heterocycles. The third-order valence-corrected chi connectivity index (χ3v) is 11.3. The van der Waals surface area contributed by atoms with Gasteiger partial charge in [-0.25, -0.2) is 23.9 Å². The molecule has 4 heterocycles. The number of carbonyl (C=O) groups is 4. The predicted octanol–water partition coefficient (Wildman–Crippen LogP) is 5.74. The van der Waals surface area contributed by atoms with E-state index >= 15 is 0 Å². The van der Waals surface area contributed by atoms with Crippen molar-refractivity contribution in [1.82, 2.24) is 40.4 Å². The topological polar surface area (TPSA) is 201 Å². The van der Waals surface area contributed by atoms with Gasteiger partial charge in [0.25, 0.3) is 0 Å². The second kappa shape index (κ2) is 19.4. The fourth-order valence-electron chi connectivity index (χ4n) is 8.05. The number of aromatic nitrogens is 4. The molecule has 6 N–H and O–H groups in total. The standard InChI is InChI=1S/C44H56FN9O6/c1-25(2)37(51-43(57)59-5)41(55)53-23-29(9-7-8-18-46)20-35(53)40-48-32-17-14-28(19-33(32)49-40)11-10-27-12-15-30(16-13-27)34-22-47-39(50-34)36-21-31(45)24-54(36)42(56)38(26(3)4)52-44(58)60-6/h12-17,19,22,25-26,29,31,35-38H,7-9,18,20-21,23-24,46H2,1-6H3,(H,47,50)(H,48,49)(H,51,57)(H,52,58)/t29-,31-,35-,36-,37-,38-/m0/s1. The molecule has 0 radical (unpaired) electrons. The Hall–Kier alpha value is -5.95. The van der Waals surface area contributed by atoms with Gasteiger partial charge in [-0.15, -0.1) is 0 Å². The van der Waals surface area contributed by atoms with Gasteiger partial charge in [0.2, 0.25) is 11.8 Å². The molecule has 0 unspecified atom stereocenters. The predicted molar refractivity (Wildman–Crippen MR) is 224 cm³/mol. The summed E-state index contributed by atoms with van der Waals surface area (Å²) in [4.78, 5) is 71.1. The largest absolute Gasteiger partial charge is 0.453 e. The molecule has 2 aliphatic rings. The van der Waals surface area contributed by atoms with Crippen molar-refractivity contribution in [2.24, 2.45) is 23.5 Å². The first-order chi connectivity index (χ1) is 28.8. The number of unbranched alkanes of at least 4 members (excludes halogenated alkanes) is 1. The number of nitrogens with two attached hydrogens (primary N) is 1. The van der Waals surface area contributed by atoms with Crippen molar-refractivity contribution in [3.63, 3.8) is 0 Å². The van der Waals surface area contributed by atoms with Gasteiger partial charge in [-0.2, -0.15) is 0 Å². The highest BCUT2D eigenvalue weighted by molar-refractivity contribution is 5.87. The first-order valence-electron chi connectivity index (χ1n) is 20.6. The van der Waals surface area contributed by atoms with E-state index in [2.05, 4.69) is 37.4 Å². The van der Waals surface area contributed by atoms with E-state index in [4.69, 9.17) is 20.2 Å². The molecule has 16 heteroatoms. The van der Waals surface area contributed by atoms with E-state index < -0.39 is 42.4 Å². The van der Waals surface area contributed by atoms with Crippen LogP contribution < -0.4 is 16.4 Å². The summed E-state index contributed by atoms with van der Waals surface area (Å²) in [7, 11) is 2.51. The molecule has 6 atom stereocenters. The second-order valence-corrected chi connectivity index (χ2v) is 16.3. The molecule has 2 saturated heterocycles. The van der Waals surface area contributed by atoms with Gasteiger partial charge in [-0.1, -0.05) is 58.1 Å². The third kappa shape index (κ3) is 10.1. The number of rotatable bonds is 13. The molecule has 2 aliphatic heterocycles. The maximum Gasteiger partial charge on any atom is 0.407 e. The van der Waals surface area contributed by atoms with Gasteiger partial charge in [-0.3, -0.25) is 9.59 Å². The highest BCUT2D eigenvalue weighted by atomic mass is 19.1. The summed E-state index contributed by atoms with van der Waals surface area (Å²) in [6.45, 7) is 8.49. The molecule has 4 aromatic rings. The molecule has 2 aromatic carbocycles. The quantitative estimate of drug-likeness (QED) is 0.0823. The molecule has 0 saturated carbocycles. The number of methoxy groups -OCH3 is 2. The zero-order valence-electron chi connectivity index (χ0n) is 35.1. The van der Waals surface area contributed by atoms with Crippen molar-refractivity contribution in [2.75, 3.05) is 33.9 Å². The maximum atomic E-state index is 14.8. The minimum atomic E-state index is -1.23. The Morgan fingerprint density at radius 2 is 1.43 bits per heavy atom. The number of nitrogens with one attached hydrogen (secondary N) is 4. The molecule has 15 nitrogen and oxygen atoms in total. The number of likely N-dealkylation sites (tertiary alicyclic amines) is 2. The van der Waals surface area contributed by atoms with E-state index in [1.807, 2.05) is 61.2 Å². The maximum absolute atomic E-state index is 14.8. The van der Waals surface area contributed by atoms with E-state index in [9.17, 15) is 23.6 Å². The highest BCUT2D eigenvalue weighted by Crippen LogP contribution is 2.38. The molecule has 4 amide bonds. The summed E-state index contributed by atoms with van der Waals surface area (Å²) in [6.07, 6.45) is 2.73. The van der Waals surface area contributed by atoms with Gasteiger partial charge >= 0.3 is 12.2 Å². The van der Waals surface area contributed by atoms with Crippen LogP contribution in [0.5, 0.6) is 0 Å². The Labute approximate surface area is 349 Å². The van der Waals surface area contributed by atoms with Crippen LogP contribution in [-0.4, -0.2) is 106 Å². The molecule has 2 fully saturated rings. The SMILES string of the molecule is COC(=O)N[C@H](C(=O)N1C[C@@H](F)C[C@H]1c1ncc(-c2ccc(C#Cc3ccc4nc([C@@H]5C[C@H](CCCCN)CN5C(=O)[C@@H](NC(=O)OC)C(C)C)[nH]c4c3)cc2)[nH]1)C(C)C. The minimum absolute atomic E-state index is 0.0889. The molecule has 60 heavy (non-hydrogen) atoms. The third-order valence-electron chi connectivity index (χ3n) is 11.3. The number of nitrogens with zero attached hydrogens (tertiary/aromatic N) is 4. The van der Waals surface area contributed by atoms with Crippen LogP contribution in [0, 0.1) is 29.6 Å². The molecular weight excluding hydrogens is 770 g/mol. The van der Waals surface area contributed by atoms with E-state index in [1.165, 1.54) is 19.1 Å². The number of fused-ring (bicyclic) bond motifs is 1. The number of ether oxygens (including phenoxy) is 2. The number of halogens is 1. The summed E-state index contributed by atoms with van der Waals surface area (Å²) in [5.41, 5.74) is 10.4. The Balaban J connectivity index is 1.16. The number of hydrogen-bond acceptors (Lipinski definition) is 9. The highest BCUT2D eigenvalue weighted by Gasteiger charge is 2.43. The summed E-state index contributed by atoms with van der Waals surface area (Å²) in [5.74, 6) is 6.94. The summed E-state index contributed by atoms with van der Waals surface area (Å²) < 4.78 is 24.3. The minimum Gasteiger partial charge on any atom is -0.453 e. The Kier molecular flexibility index (Phi) is 14.1. The van der Waals surface area contributed by atoms with Crippen LogP contribution in [0.3, 0.4) is 0 Å². The normalized spacial score (nSPS) is 19.9. The fourth-order valence-corrected chi connectivity index (χ4v) is 8.05. The van der Waals surface area contributed by atoms with Crippen LogP contribution in [0.1, 0.15) is 94.7 Å². The number of carbonyl (C=O) groups excluding carboxylic acids is 4. The lowest BCUT2D eigenvalue weighted by molar-refractivity contribution is -0.136. The summed E-state index contributed by atoms with van der Waals surface area (Å²) in [6, 6.07) is 10.9. The zero-order chi connectivity index (χ0) is 43.1. The van der Waals surface area contributed by atoms with Crippen molar-refractivity contribution < 1.29 is 33.0 Å². The van der Waals surface area contributed by atoms with Crippen LogP contribution in [-0.2, 0) is 19.1 Å².